The maximum absolute atomic E-state index is 13.2. The van der Waals surface area contributed by atoms with Crippen LogP contribution in [0.15, 0.2) is 54.9 Å². The van der Waals surface area contributed by atoms with Crippen molar-refractivity contribution >= 4 is 45.6 Å². The smallest absolute Gasteiger partial charge is 0.234 e. The molecule has 5 heteroatoms. The van der Waals surface area contributed by atoms with Crippen LogP contribution in [0.4, 0.5) is 5.69 Å². The minimum atomic E-state index is -0.206. The Morgan fingerprint density at radius 1 is 1.04 bits per heavy atom. The summed E-state index contributed by atoms with van der Waals surface area (Å²) in [5, 5.41) is 3.06. The quantitative estimate of drug-likeness (QED) is 0.600. The number of halogens is 2. The van der Waals surface area contributed by atoms with Crippen LogP contribution in [-0.2, 0) is 4.79 Å². The second kappa shape index (κ2) is 6.66. The highest BCUT2D eigenvalue weighted by atomic mass is 35.5. The molecule has 0 radical (unpaired) electrons. The first-order chi connectivity index (χ1) is 12.1. The van der Waals surface area contributed by atoms with Gasteiger partial charge in [-0.15, -0.1) is 0 Å². The first-order valence-corrected chi connectivity index (χ1v) is 9.00. The highest BCUT2D eigenvalue weighted by Crippen LogP contribution is 2.36. The summed E-state index contributed by atoms with van der Waals surface area (Å²) in [4.78, 5) is 19.4. The Morgan fingerprint density at radius 3 is 2.72 bits per heavy atom. The number of fused-ring (bicyclic) bond motifs is 1. The summed E-state index contributed by atoms with van der Waals surface area (Å²) >= 11 is 12.2. The lowest BCUT2D eigenvalue weighted by molar-refractivity contribution is -0.121. The van der Waals surface area contributed by atoms with Crippen LogP contribution < -0.4 is 4.90 Å². The number of carbonyl (C=O) groups is 1. The summed E-state index contributed by atoms with van der Waals surface area (Å²) in [5.41, 5.74) is 1.78. The maximum atomic E-state index is 13.2. The number of anilines is 1. The molecule has 4 rings (SSSR count). The topological polar surface area (TPSA) is 33.2 Å². The van der Waals surface area contributed by atoms with Gasteiger partial charge in [-0.05, 0) is 30.5 Å². The van der Waals surface area contributed by atoms with Crippen molar-refractivity contribution in [1.82, 2.24) is 4.98 Å². The minimum absolute atomic E-state index is 0.0859. The Hall–Kier alpha value is -2.10. The lowest BCUT2D eigenvalue weighted by atomic mass is 9.89. The number of nitrogens with zero attached hydrogens (tertiary/aromatic N) is 2. The molecule has 0 saturated carbocycles. The number of amides is 1. The highest BCUT2D eigenvalue weighted by molar-refractivity contribution is 6.42. The number of carbonyl (C=O) groups excluding carboxylic acids is 1. The van der Waals surface area contributed by atoms with Crippen molar-refractivity contribution in [3.63, 3.8) is 0 Å². The molecule has 1 unspecified atom stereocenters. The van der Waals surface area contributed by atoms with Crippen LogP contribution in [0, 0.1) is 0 Å². The summed E-state index contributed by atoms with van der Waals surface area (Å²) in [6, 6.07) is 13.4. The Kier molecular flexibility index (Phi) is 4.36. The van der Waals surface area contributed by atoms with E-state index in [0.717, 1.165) is 34.9 Å². The van der Waals surface area contributed by atoms with E-state index in [9.17, 15) is 4.79 Å². The van der Waals surface area contributed by atoms with E-state index in [1.807, 2.05) is 41.4 Å². The number of piperidine rings is 1. The van der Waals surface area contributed by atoms with Crippen LogP contribution in [0.5, 0.6) is 0 Å². The lowest BCUT2D eigenvalue weighted by Gasteiger charge is -2.33. The van der Waals surface area contributed by atoms with Crippen molar-refractivity contribution in [3.05, 3.63) is 70.5 Å². The zero-order chi connectivity index (χ0) is 17.4. The number of benzene rings is 2. The van der Waals surface area contributed by atoms with Crippen LogP contribution in [0.3, 0.4) is 0 Å². The first-order valence-electron chi connectivity index (χ1n) is 8.24. The second-order valence-corrected chi connectivity index (χ2v) is 7.05. The average molecular weight is 371 g/mol. The third-order valence-electron chi connectivity index (χ3n) is 4.72. The molecule has 0 spiro atoms. The lowest BCUT2D eigenvalue weighted by Crippen LogP contribution is -2.40. The van der Waals surface area contributed by atoms with Crippen LogP contribution in [0.25, 0.3) is 10.8 Å². The molecule has 2 aromatic carbocycles. The summed E-state index contributed by atoms with van der Waals surface area (Å²) in [5.74, 6) is -0.120. The third-order valence-corrected chi connectivity index (χ3v) is 5.46. The fourth-order valence-electron chi connectivity index (χ4n) is 3.47. The molecule has 3 aromatic rings. The first kappa shape index (κ1) is 16.4. The van der Waals surface area contributed by atoms with Gasteiger partial charge < -0.3 is 4.90 Å². The van der Waals surface area contributed by atoms with Crippen LogP contribution >= 0.6 is 23.2 Å². The number of aromatic nitrogens is 1. The van der Waals surface area contributed by atoms with Crippen molar-refractivity contribution in [1.29, 1.82) is 0 Å². The molecule has 0 aliphatic carbocycles. The molecule has 0 bridgehead atoms. The van der Waals surface area contributed by atoms with Crippen molar-refractivity contribution < 1.29 is 4.79 Å². The Balaban J connectivity index is 1.73. The van der Waals surface area contributed by atoms with E-state index < -0.39 is 0 Å². The van der Waals surface area contributed by atoms with Crippen LogP contribution in [0.1, 0.15) is 24.3 Å². The standard InChI is InChI=1S/C20H16Cl2N2O/c21-17-8-7-13(10-18(17)22)16-6-3-9-24(20(16)25)19-12-23-11-14-4-1-2-5-15(14)19/h1-2,4-5,7-8,10-12,16H,3,6,9H2. The summed E-state index contributed by atoms with van der Waals surface area (Å²) in [6.45, 7) is 0.701. The van der Waals surface area contributed by atoms with Gasteiger partial charge in [0.05, 0.1) is 27.8 Å². The molecule has 2 heterocycles. The number of hydrogen-bond acceptors (Lipinski definition) is 2. The van der Waals surface area contributed by atoms with Gasteiger partial charge in [0.25, 0.3) is 0 Å². The monoisotopic (exact) mass is 370 g/mol. The van der Waals surface area contributed by atoms with Crippen molar-refractivity contribution in [2.45, 2.75) is 18.8 Å². The van der Waals surface area contributed by atoms with Gasteiger partial charge in [0, 0.05) is 23.5 Å². The molecule has 126 valence electrons. The van der Waals surface area contributed by atoms with E-state index in [1.165, 1.54) is 0 Å². The molecule has 0 N–H and O–H groups in total. The van der Waals surface area contributed by atoms with Gasteiger partial charge in [0.2, 0.25) is 5.91 Å². The molecule has 1 saturated heterocycles. The third kappa shape index (κ3) is 2.99. The molecule has 1 fully saturated rings. The minimum Gasteiger partial charge on any atom is -0.310 e. The fourth-order valence-corrected chi connectivity index (χ4v) is 3.78. The Bertz CT molecular complexity index is 952. The molecule has 1 aliphatic rings. The second-order valence-electron chi connectivity index (χ2n) is 6.24. The van der Waals surface area contributed by atoms with Crippen molar-refractivity contribution in [2.75, 3.05) is 11.4 Å². The van der Waals surface area contributed by atoms with Gasteiger partial charge in [0.1, 0.15) is 0 Å². The van der Waals surface area contributed by atoms with Crippen molar-refractivity contribution in [3.8, 4) is 0 Å². The molecule has 3 nitrogen and oxygen atoms in total. The van der Waals surface area contributed by atoms with Gasteiger partial charge in [-0.25, -0.2) is 0 Å². The number of hydrogen-bond donors (Lipinski definition) is 0. The normalized spacial score (nSPS) is 17.9. The highest BCUT2D eigenvalue weighted by Gasteiger charge is 2.32. The van der Waals surface area contributed by atoms with E-state index in [1.54, 1.807) is 18.3 Å². The number of pyridine rings is 1. The van der Waals surface area contributed by atoms with Gasteiger partial charge >= 0.3 is 0 Å². The average Bonchev–Trinajstić information content (AvgIpc) is 2.64. The molecule has 1 aliphatic heterocycles. The maximum Gasteiger partial charge on any atom is 0.234 e. The Morgan fingerprint density at radius 2 is 1.88 bits per heavy atom. The van der Waals surface area contributed by atoms with Gasteiger partial charge in [-0.3, -0.25) is 9.78 Å². The van der Waals surface area contributed by atoms with E-state index in [2.05, 4.69) is 4.98 Å². The predicted molar refractivity (Wildman–Crippen MR) is 103 cm³/mol. The van der Waals surface area contributed by atoms with E-state index in [-0.39, 0.29) is 11.8 Å². The van der Waals surface area contributed by atoms with Crippen LogP contribution in [-0.4, -0.2) is 17.4 Å². The molecule has 1 aromatic heterocycles. The molecular weight excluding hydrogens is 355 g/mol. The fraction of sp³-hybridized carbons (Fsp3) is 0.200. The number of rotatable bonds is 2. The SMILES string of the molecule is O=C1C(c2ccc(Cl)c(Cl)c2)CCCN1c1cncc2ccccc12. The van der Waals surface area contributed by atoms with Crippen molar-refractivity contribution in [2.24, 2.45) is 0 Å². The zero-order valence-corrected chi connectivity index (χ0v) is 15.0. The largest absolute Gasteiger partial charge is 0.310 e. The zero-order valence-electron chi connectivity index (χ0n) is 13.5. The summed E-state index contributed by atoms with van der Waals surface area (Å²) in [7, 11) is 0. The van der Waals surface area contributed by atoms with E-state index in [4.69, 9.17) is 23.2 Å². The summed E-state index contributed by atoms with van der Waals surface area (Å²) in [6.07, 6.45) is 5.34. The molecule has 1 amide bonds. The van der Waals surface area contributed by atoms with Gasteiger partial charge in [-0.2, -0.15) is 0 Å². The van der Waals surface area contributed by atoms with E-state index >= 15 is 0 Å². The summed E-state index contributed by atoms with van der Waals surface area (Å²) < 4.78 is 0. The van der Waals surface area contributed by atoms with Gasteiger partial charge in [0.15, 0.2) is 0 Å². The van der Waals surface area contributed by atoms with E-state index in [0.29, 0.717) is 16.6 Å². The Labute approximate surface area is 156 Å². The van der Waals surface area contributed by atoms with Gasteiger partial charge in [-0.1, -0.05) is 53.5 Å². The molecular formula is C20H16Cl2N2O. The predicted octanol–water partition coefficient (Wildman–Crippen LogP) is 5.45. The molecule has 1 atom stereocenters. The molecule has 25 heavy (non-hydrogen) atoms. The van der Waals surface area contributed by atoms with Crippen LogP contribution in [0.2, 0.25) is 10.0 Å².